The van der Waals surface area contributed by atoms with Gasteiger partial charge >= 0.3 is 0 Å². The van der Waals surface area contributed by atoms with E-state index in [0.717, 1.165) is 19.6 Å². The van der Waals surface area contributed by atoms with Crippen molar-refractivity contribution in [2.75, 3.05) is 26.4 Å². The van der Waals surface area contributed by atoms with Crippen LogP contribution in [0.5, 0.6) is 0 Å². The van der Waals surface area contributed by atoms with Gasteiger partial charge in [-0.3, -0.25) is 0 Å². The first-order chi connectivity index (χ1) is 10.2. The number of hydrogen-bond acceptors (Lipinski definition) is 3. The fourth-order valence-electron chi connectivity index (χ4n) is 2.32. The van der Waals surface area contributed by atoms with Gasteiger partial charge in [0, 0.05) is 6.61 Å². The summed E-state index contributed by atoms with van der Waals surface area (Å²) in [6, 6.07) is 9.14. The van der Waals surface area contributed by atoms with Crippen molar-refractivity contribution in [3.05, 3.63) is 35.4 Å². The highest BCUT2D eigenvalue weighted by molar-refractivity contribution is 5.25. The molecule has 0 saturated heterocycles. The van der Waals surface area contributed by atoms with Gasteiger partial charge in [-0.15, -0.1) is 0 Å². The third-order valence-electron chi connectivity index (χ3n) is 3.48. The monoisotopic (exact) mass is 293 g/mol. The first-order valence-corrected chi connectivity index (χ1v) is 8.22. The molecule has 0 fully saturated rings. The molecule has 0 aliphatic rings. The van der Waals surface area contributed by atoms with E-state index in [1.54, 1.807) is 0 Å². The zero-order chi connectivity index (χ0) is 15.5. The maximum Gasteiger partial charge on any atom is 0.0781 e. The molecule has 2 atom stereocenters. The average molecular weight is 293 g/mol. The Kier molecular flexibility index (Phi) is 9.31. The molecule has 0 heterocycles. The second-order valence-corrected chi connectivity index (χ2v) is 5.41. The lowest BCUT2D eigenvalue weighted by molar-refractivity contribution is -0.0115. The van der Waals surface area contributed by atoms with Crippen LogP contribution in [0.25, 0.3) is 0 Å². The molecule has 1 aromatic carbocycles. The Morgan fingerprint density at radius 2 is 1.76 bits per heavy atom. The minimum atomic E-state index is 0.130. The van der Waals surface area contributed by atoms with E-state index in [9.17, 15) is 0 Å². The first kappa shape index (κ1) is 18.1. The zero-order valence-electron chi connectivity index (χ0n) is 14.0. The molecular formula is C18H31NO2. The van der Waals surface area contributed by atoms with Gasteiger partial charge in [-0.25, -0.2) is 0 Å². The summed E-state index contributed by atoms with van der Waals surface area (Å²) in [5, 5.41) is 3.50. The molecule has 3 heteroatoms. The molecule has 3 nitrogen and oxygen atoms in total. The van der Waals surface area contributed by atoms with E-state index in [2.05, 4.69) is 50.4 Å². The third-order valence-corrected chi connectivity index (χ3v) is 3.48. The highest BCUT2D eigenvalue weighted by atomic mass is 16.5. The molecule has 2 unspecified atom stereocenters. The molecular weight excluding hydrogens is 262 g/mol. The summed E-state index contributed by atoms with van der Waals surface area (Å²) >= 11 is 0. The normalized spacial score (nSPS) is 14.1. The summed E-state index contributed by atoms with van der Waals surface area (Å²) < 4.78 is 11.3. The maximum atomic E-state index is 5.90. The molecule has 0 amide bonds. The van der Waals surface area contributed by atoms with Crippen LogP contribution in [0.15, 0.2) is 24.3 Å². The minimum Gasteiger partial charge on any atom is -0.379 e. The number of benzene rings is 1. The number of rotatable bonds is 11. The molecule has 1 rings (SSSR count). The maximum absolute atomic E-state index is 5.90. The van der Waals surface area contributed by atoms with Crippen LogP contribution in [0.3, 0.4) is 0 Å². The second-order valence-electron chi connectivity index (χ2n) is 5.41. The van der Waals surface area contributed by atoms with Gasteiger partial charge in [0.1, 0.15) is 0 Å². The molecule has 0 aliphatic heterocycles. The molecule has 0 aromatic heterocycles. The minimum absolute atomic E-state index is 0.130. The van der Waals surface area contributed by atoms with Gasteiger partial charge in [-0.05, 0) is 37.9 Å². The van der Waals surface area contributed by atoms with Crippen molar-refractivity contribution >= 4 is 0 Å². The van der Waals surface area contributed by atoms with Crippen LogP contribution < -0.4 is 5.32 Å². The largest absolute Gasteiger partial charge is 0.379 e. The van der Waals surface area contributed by atoms with Crippen LogP contribution in [0.1, 0.15) is 51.3 Å². The molecule has 0 spiro atoms. The van der Waals surface area contributed by atoms with E-state index in [1.807, 2.05) is 6.92 Å². The second kappa shape index (κ2) is 10.8. The Balaban J connectivity index is 2.55. The molecule has 0 saturated carbocycles. The fraction of sp³-hybridized carbons (Fsp3) is 0.667. The number of ether oxygens (including phenoxy) is 2. The number of hydrogen-bond donors (Lipinski definition) is 1. The van der Waals surface area contributed by atoms with Crippen molar-refractivity contribution < 1.29 is 9.47 Å². The summed E-state index contributed by atoms with van der Waals surface area (Å²) in [4.78, 5) is 0. The zero-order valence-corrected chi connectivity index (χ0v) is 14.0. The number of aryl methyl sites for hydroxylation is 1. The van der Waals surface area contributed by atoms with Gasteiger partial charge in [0.2, 0.25) is 0 Å². The lowest BCUT2D eigenvalue weighted by Crippen LogP contribution is -2.28. The van der Waals surface area contributed by atoms with Crippen molar-refractivity contribution in [1.82, 2.24) is 5.32 Å². The average Bonchev–Trinajstić information content (AvgIpc) is 2.50. The smallest absolute Gasteiger partial charge is 0.0781 e. The lowest BCUT2D eigenvalue weighted by Gasteiger charge is -2.21. The topological polar surface area (TPSA) is 30.5 Å². The SMILES string of the molecule is CCCc1ccc(C(COC(C)COCC)NCC)cc1. The highest BCUT2D eigenvalue weighted by Crippen LogP contribution is 2.16. The molecule has 120 valence electrons. The van der Waals surface area contributed by atoms with E-state index < -0.39 is 0 Å². The van der Waals surface area contributed by atoms with Gasteiger partial charge in [-0.2, -0.15) is 0 Å². The van der Waals surface area contributed by atoms with Crippen LogP contribution in [0.4, 0.5) is 0 Å². The Morgan fingerprint density at radius 1 is 1.05 bits per heavy atom. The van der Waals surface area contributed by atoms with Gasteiger partial charge in [0.25, 0.3) is 0 Å². The molecule has 21 heavy (non-hydrogen) atoms. The van der Waals surface area contributed by atoms with Crippen LogP contribution in [0.2, 0.25) is 0 Å². The first-order valence-electron chi connectivity index (χ1n) is 8.22. The Hall–Kier alpha value is -0.900. The van der Waals surface area contributed by atoms with Crippen molar-refractivity contribution in [3.63, 3.8) is 0 Å². The summed E-state index contributed by atoms with van der Waals surface area (Å²) in [6.45, 7) is 11.4. The van der Waals surface area contributed by atoms with Crippen LogP contribution >= 0.6 is 0 Å². The molecule has 0 radical (unpaired) electrons. The molecule has 0 aliphatic carbocycles. The van der Waals surface area contributed by atoms with E-state index in [0.29, 0.717) is 13.2 Å². The summed E-state index contributed by atoms with van der Waals surface area (Å²) in [5.41, 5.74) is 2.70. The van der Waals surface area contributed by atoms with E-state index >= 15 is 0 Å². The van der Waals surface area contributed by atoms with Gasteiger partial charge in [0.15, 0.2) is 0 Å². The summed E-state index contributed by atoms with van der Waals surface area (Å²) in [5.74, 6) is 0. The lowest BCUT2D eigenvalue weighted by atomic mass is 10.0. The van der Waals surface area contributed by atoms with E-state index in [-0.39, 0.29) is 12.1 Å². The Morgan fingerprint density at radius 3 is 2.33 bits per heavy atom. The quantitative estimate of drug-likeness (QED) is 0.674. The van der Waals surface area contributed by atoms with Gasteiger partial charge in [-0.1, -0.05) is 44.5 Å². The number of nitrogens with one attached hydrogen (secondary N) is 1. The third kappa shape index (κ3) is 7.07. The Bertz CT molecular complexity index is 364. The highest BCUT2D eigenvalue weighted by Gasteiger charge is 2.12. The van der Waals surface area contributed by atoms with Gasteiger partial charge in [0.05, 0.1) is 25.4 Å². The van der Waals surface area contributed by atoms with Crippen LogP contribution in [-0.2, 0) is 15.9 Å². The van der Waals surface area contributed by atoms with Crippen LogP contribution in [-0.4, -0.2) is 32.5 Å². The number of likely N-dealkylation sites (N-methyl/N-ethyl adjacent to an activating group) is 1. The van der Waals surface area contributed by atoms with Crippen molar-refractivity contribution in [1.29, 1.82) is 0 Å². The standard InChI is InChI=1S/C18H31NO2/c1-5-8-16-9-11-17(12-10-16)18(19-6-2)14-21-15(4)13-20-7-3/h9-12,15,18-19H,5-8,13-14H2,1-4H3. The van der Waals surface area contributed by atoms with Crippen molar-refractivity contribution in [2.24, 2.45) is 0 Å². The van der Waals surface area contributed by atoms with Crippen molar-refractivity contribution in [3.8, 4) is 0 Å². The summed E-state index contributed by atoms with van der Waals surface area (Å²) in [6.07, 6.45) is 2.47. The van der Waals surface area contributed by atoms with E-state index in [4.69, 9.17) is 9.47 Å². The predicted molar refractivity (Wildman–Crippen MR) is 88.8 cm³/mol. The fourth-order valence-corrected chi connectivity index (χ4v) is 2.32. The van der Waals surface area contributed by atoms with E-state index in [1.165, 1.54) is 17.5 Å². The molecule has 1 N–H and O–H groups in total. The predicted octanol–water partition coefficient (Wildman–Crippen LogP) is 3.73. The van der Waals surface area contributed by atoms with Crippen molar-refractivity contribution in [2.45, 2.75) is 52.7 Å². The van der Waals surface area contributed by atoms with Gasteiger partial charge < -0.3 is 14.8 Å². The van der Waals surface area contributed by atoms with Crippen LogP contribution in [0, 0.1) is 0 Å². The Labute approximate surface area is 130 Å². The molecule has 1 aromatic rings. The molecule has 0 bridgehead atoms. The summed E-state index contributed by atoms with van der Waals surface area (Å²) in [7, 11) is 0.